The molecule has 0 saturated heterocycles. The summed E-state index contributed by atoms with van der Waals surface area (Å²) in [7, 11) is 3.00. The number of hydrogen-bond acceptors (Lipinski definition) is 8. The summed E-state index contributed by atoms with van der Waals surface area (Å²) in [5.74, 6) is 2.09. The first-order valence-corrected chi connectivity index (χ1v) is 13.3. The second-order valence-electron chi connectivity index (χ2n) is 9.15. The van der Waals surface area contributed by atoms with Crippen LogP contribution in [0.1, 0.15) is 31.0 Å². The highest BCUT2D eigenvalue weighted by atomic mass is 35.5. The van der Waals surface area contributed by atoms with Gasteiger partial charge in [0.05, 0.1) is 37.1 Å². The van der Waals surface area contributed by atoms with Crippen LogP contribution in [0.3, 0.4) is 0 Å². The van der Waals surface area contributed by atoms with Crippen LogP contribution in [-0.2, 0) is 11.4 Å². The summed E-state index contributed by atoms with van der Waals surface area (Å²) in [6.07, 6.45) is 1.44. The van der Waals surface area contributed by atoms with Crippen molar-refractivity contribution in [1.82, 2.24) is 14.8 Å². The van der Waals surface area contributed by atoms with Crippen molar-refractivity contribution in [3.05, 3.63) is 94.4 Å². The van der Waals surface area contributed by atoms with Gasteiger partial charge in [-0.3, -0.25) is 4.79 Å². The van der Waals surface area contributed by atoms with Gasteiger partial charge < -0.3 is 29.6 Å². The summed E-state index contributed by atoms with van der Waals surface area (Å²) < 4.78 is 24.5. The van der Waals surface area contributed by atoms with Crippen molar-refractivity contribution in [2.24, 2.45) is 0 Å². The molecule has 11 heteroatoms. The molecule has 1 atom stereocenters. The van der Waals surface area contributed by atoms with Crippen LogP contribution >= 0.6 is 11.6 Å². The number of allylic oxidation sites excluding steroid dienone is 1. The van der Waals surface area contributed by atoms with E-state index in [-0.39, 0.29) is 5.91 Å². The summed E-state index contributed by atoms with van der Waals surface area (Å²) >= 11 is 6.27. The van der Waals surface area contributed by atoms with Gasteiger partial charge in [-0.05, 0) is 37.1 Å². The highest BCUT2D eigenvalue weighted by molar-refractivity contribution is 6.32. The molecule has 41 heavy (non-hydrogen) atoms. The first kappa shape index (κ1) is 27.9. The van der Waals surface area contributed by atoms with Crippen molar-refractivity contribution in [3.8, 4) is 23.0 Å². The van der Waals surface area contributed by atoms with E-state index in [1.54, 1.807) is 16.8 Å². The number of fused-ring (bicyclic) bond motifs is 1. The predicted octanol–water partition coefficient (Wildman–Crippen LogP) is 5.85. The fourth-order valence-electron chi connectivity index (χ4n) is 4.66. The van der Waals surface area contributed by atoms with Gasteiger partial charge >= 0.3 is 0 Å². The quantitative estimate of drug-likeness (QED) is 0.242. The highest BCUT2D eigenvalue weighted by Gasteiger charge is 2.34. The maximum absolute atomic E-state index is 13.9. The zero-order valence-corrected chi connectivity index (χ0v) is 23.9. The number of benzene rings is 3. The molecule has 4 aromatic rings. The predicted molar refractivity (Wildman–Crippen MR) is 156 cm³/mol. The SMILES string of the molecule is CCOc1cc(C2C(C(=O)Nc3cc(OC)c(Cl)cc3OC)=C(C)Nc3ncnn32)ccc1OCc1ccccc1. The average Bonchev–Trinajstić information content (AvgIpc) is 3.45. The minimum Gasteiger partial charge on any atom is -0.495 e. The normalized spacial score (nSPS) is 14.1. The molecule has 212 valence electrons. The van der Waals surface area contributed by atoms with Crippen LogP contribution in [0.2, 0.25) is 5.02 Å². The molecular weight excluding hydrogens is 546 g/mol. The van der Waals surface area contributed by atoms with E-state index < -0.39 is 6.04 Å². The Balaban J connectivity index is 1.51. The van der Waals surface area contributed by atoms with Gasteiger partial charge in [0.25, 0.3) is 5.91 Å². The third-order valence-electron chi connectivity index (χ3n) is 6.58. The monoisotopic (exact) mass is 575 g/mol. The topological polar surface area (TPSA) is 109 Å². The van der Waals surface area contributed by atoms with Crippen molar-refractivity contribution < 1.29 is 23.7 Å². The molecule has 2 N–H and O–H groups in total. The molecule has 1 aliphatic rings. The van der Waals surface area contributed by atoms with Crippen LogP contribution in [0.5, 0.6) is 23.0 Å². The van der Waals surface area contributed by atoms with Crippen LogP contribution in [0, 0.1) is 0 Å². The third-order valence-corrected chi connectivity index (χ3v) is 6.88. The molecule has 0 spiro atoms. The lowest BCUT2D eigenvalue weighted by Gasteiger charge is -2.29. The van der Waals surface area contributed by atoms with E-state index in [1.165, 1.54) is 20.5 Å². The van der Waals surface area contributed by atoms with Crippen LogP contribution < -0.4 is 29.6 Å². The molecule has 1 aromatic heterocycles. The molecule has 1 amide bonds. The zero-order chi connectivity index (χ0) is 28.9. The Morgan fingerprint density at radius 2 is 1.78 bits per heavy atom. The van der Waals surface area contributed by atoms with Gasteiger partial charge in [0.1, 0.15) is 30.5 Å². The number of ether oxygens (including phenoxy) is 4. The van der Waals surface area contributed by atoms with Crippen molar-refractivity contribution in [2.45, 2.75) is 26.5 Å². The summed E-state index contributed by atoms with van der Waals surface area (Å²) in [6.45, 7) is 4.55. The molecule has 3 aromatic carbocycles. The maximum Gasteiger partial charge on any atom is 0.255 e. The average molecular weight is 576 g/mol. The molecule has 1 aliphatic heterocycles. The number of aromatic nitrogens is 3. The number of rotatable bonds is 10. The summed E-state index contributed by atoms with van der Waals surface area (Å²) in [4.78, 5) is 18.3. The minimum atomic E-state index is -0.615. The fourth-order valence-corrected chi connectivity index (χ4v) is 4.89. The number of anilines is 2. The molecular formula is C30H30ClN5O5. The zero-order valence-electron chi connectivity index (χ0n) is 23.1. The molecule has 0 bridgehead atoms. The lowest BCUT2D eigenvalue weighted by Crippen LogP contribution is -2.31. The molecule has 0 saturated carbocycles. The number of hydrogen-bond donors (Lipinski definition) is 2. The van der Waals surface area contributed by atoms with Crippen LogP contribution in [0.4, 0.5) is 11.6 Å². The van der Waals surface area contributed by atoms with E-state index in [1.807, 2.05) is 62.4 Å². The van der Waals surface area contributed by atoms with E-state index in [4.69, 9.17) is 30.5 Å². The number of carbonyl (C=O) groups excluding carboxylic acids is 1. The van der Waals surface area contributed by atoms with Gasteiger partial charge in [0.15, 0.2) is 11.5 Å². The number of amides is 1. The first-order chi connectivity index (χ1) is 19.9. The Bertz CT molecular complexity index is 1590. The van der Waals surface area contributed by atoms with Crippen LogP contribution in [-0.4, -0.2) is 41.5 Å². The molecule has 0 fully saturated rings. The van der Waals surface area contributed by atoms with E-state index in [0.29, 0.717) is 64.1 Å². The van der Waals surface area contributed by atoms with Gasteiger partial charge in [-0.15, -0.1) is 0 Å². The molecule has 0 radical (unpaired) electrons. The standard InChI is InChI=1S/C30H30ClN5O5/c1-5-40-26-13-20(11-12-23(26)41-16-19-9-7-6-8-10-19)28-27(18(2)34-30-32-17-33-36(28)30)29(37)35-22-15-24(38-3)21(31)14-25(22)39-4/h6-15,17,28H,5,16H2,1-4H3,(H,35,37)(H,32,33,34). The van der Waals surface area contributed by atoms with Gasteiger partial charge in [0.2, 0.25) is 5.95 Å². The largest absolute Gasteiger partial charge is 0.495 e. The Hall–Kier alpha value is -4.70. The van der Waals surface area contributed by atoms with E-state index >= 15 is 0 Å². The molecule has 5 rings (SSSR count). The van der Waals surface area contributed by atoms with Gasteiger partial charge in [-0.1, -0.05) is 48.0 Å². The summed E-state index contributed by atoms with van der Waals surface area (Å²) in [6, 6.07) is 18.1. The summed E-state index contributed by atoms with van der Waals surface area (Å²) in [5.41, 5.74) is 3.26. The van der Waals surface area contributed by atoms with Gasteiger partial charge in [0, 0.05) is 17.8 Å². The summed E-state index contributed by atoms with van der Waals surface area (Å²) in [5, 5.41) is 10.9. The maximum atomic E-state index is 13.9. The fraction of sp³-hybridized carbons (Fsp3) is 0.233. The Morgan fingerprint density at radius 1 is 1.00 bits per heavy atom. The lowest BCUT2D eigenvalue weighted by atomic mass is 9.94. The second kappa shape index (κ2) is 12.2. The smallest absolute Gasteiger partial charge is 0.255 e. The second-order valence-corrected chi connectivity index (χ2v) is 9.56. The number of carbonyl (C=O) groups is 1. The van der Waals surface area contributed by atoms with E-state index in [0.717, 1.165) is 11.1 Å². The Labute approximate surface area is 242 Å². The Kier molecular flexibility index (Phi) is 8.30. The number of methoxy groups -OCH3 is 2. The Morgan fingerprint density at radius 3 is 2.51 bits per heavy atom. The number of nitrogens with zero attached hydrogens (tertiary/aromatic N) is 3. The molecule has 1 unspecified atom stereocenters. The highest BCUT2D eigenvalue weighted by Crippen LogP contribution is 2.41. The first-order valence-electron chi connectivity index (χ1n) is 13.0. The van der Waals surface area contributed by atoms with Gasteiger partial charge in [-0.25, -0.2) is 4.68 Å². The number of halogens is 1. The van der Waals surface area contributed by atoms with Crippen molar-refractivity contribution in [3.63, 3.8) is 0 Å². The number of nitrogens with one attached hydrogen (secondary N) is 2. The molecule has 10 nitrogen and oxygen atoms in total. The van der Waals surface area contributed by atoms with E-state index in [9.17, 15) is 4.79 Å². The van der Waals surface area contributed by atoms with Crippen LogP contribution in [0.15, 0.2) is 78.3 Å². The van der Waals surface area contributed by atoms with Crippen LogP contribution in [0.25, 0.3) is 0 Å². The third kappa shape index (κ3) is 5.78. The minimum absolute atomic E-state index is 0.361. The molecule has 0 aliphatic carbocycles. The lowest BCUT2D eigenvalue weighted by molar-refractivity contribution is -0.113. The van der Waals surface area contributed by atoms with Gasteiger partial charge in [-0.2, -0.15) is 10.1 Å². The van der Waals surface area contributed by atoms with Crippen molar-refractivity contribution in [2.75, 3.05) is 31.5 Å². The van der Waals surface area contributed by atoms with Crippen molar-refractivity contribution >= 4 is 29.1 Å². The van der Waals surface area contributed by atoms with Crippen molar-refractivity contribution in [1.29, 1.82) is 0 Å². The van der Waals surface area contributed by atoms with E-state index in [2.05, 4.69) is 20.7 Å². The molecule has 2 heterocycles.